The van der Waals surface area contributed by atoms with Crippen LogP contribution in [-0.2, 0) is 6.42 Å². The van der Waals surface area contributed by atoms with Crippen LogP contribution in [0.5, 0.6) is 0 Å². The summed E-state index contributed by atoms with van der Waals surface area (Å²) in [5, 5.41) is 14.3. The summed E-state index contributed by atoms with van der Waals surface area (Å²) in [7, 11) is 0. The minimum Gasteiger partial charge on any atom is -0.416 e. The van der Waals surface area contributed by atoms with Crippen molar-refractivity contribution in [2.45, 2.75) is 16.6 Å². The van der Waals surface area contributed by atoms with Crippen LogP contribution in [0.15, 0.2) is 52.0 Å². The molecular weight excluding hydrogens is 388 g/mol. The van der Waals surface area contributed by atoms with Crippen molar-refractivity contribution in [1.29, 1.82) is 0 Å². The number of thioether (sulfide) groups is 1. The Balaban J connectivity index is 1.30. The lowest BCUT2D eigenvalue weighted by molar-refractivity contribution is 0.0988. The van der Waals surface area contributed by atoms with Gasteiger partial charge < -0.3 is 20.0 Å². The van der Waals surface area contributed by atoms with E-state index in [0.717, 1.165) is 38.3 Å². The fourth-order valence-electron chi connectivity index (χ4n) is 3.62. The number of nitrogens with zero attached hydrogens (tertiary/aromatic N) is 4. The maximum Gasteiger partial charge on any atom is 0.313 e. The number of fused-ring (bicyclic) bond motifs is 1. The van der Waals surface area contributed by atoms with Crippen LogP contribution in [0.3, 0.4) is 0 Å². The van der Waals surface area contributed by atoms with Crippen LogP contribution >= 0.6 is 11.8 Å². The fourth-order valence-corrected chi connectivity index (χ4v) is 4.84. The molecule has 9 heteroatoms. The van der Waals surface area contributed by atoms with Crippen LogP contribution in [0.25, 0.3) is 0 Å². The van der Waals surface area contributed by atoms with Gasteiger partial charge in [-0.15, -0.1) is 22.0 Å². The predicted molar refractivity (Wildman–Crippen MR) is 110 cm³/mol. The molecule has 2 aromatic heterocycles. The largest absolute Gasteiger partial charge is 0.416 e. The molecule has 0 saturated carbocycles. The normalized spacial score (nSPS) is 18.5. The van der Waals surface area contributed by atoms with Gasteiger partial charge in [0.2, 0.25) is 5.89 Å². The number of nitrogens with one attached hydrogen (secondary N) is 2. The molecule has 0 aliphatic carbocycles. The Bertz CT molecular complexity index is 1010. The van der Waals surface area contributed by atoms with Crippen molar-refractivity contribution in [3.05, 3.63) is 60.1 Å². The van der Waals surface area contributed by atoms with Gasteiger partial charge in [0, 0.05) is 37.3 Å². The summed E-state index contributed by atoms with van der Waals surface area (Å²) < 4.78 is 5.72. The average molecular weight is 408 g/mol. The maximum atomic E-state index is 12.7. The second kappa shape index (κ2) is 7.84. The third-order valence-electron chi connectivity index (χ3n) is 5.06. The number of carbonyl (C=O) groups excluding carboxylic acids is 1. The molecule has 3 aromatic rings. The predicted octanol–water partition coefficient (Wildman–Crippen LogP) is 2.52. The molecule has 2 aliphatic rings. The van der Waals surface area contributed by atoms with Crippen LogP contribution < -0.4 is 15.5 Å². The first-order chi connectivity index (χ1) is 14.3. The van der Waals surface area contributed by atoms with E-state index in [2.05, 4.69) is 42.8 Å². The third kappa shape index (κ3) is 3.70. The first-order valence-corrected chi connectivity index (χ1v) is 10.4. The molecule has 1 fully saturated rings. The van der Waals surface area contributed by atoms with Crippen molar-refractivity contribution >= 4 is 29.0 Å². The Kier molecular flexibility index (Phi) is 4.91. The summed E-state index contributed by atoms with van der Waals surface area (Å²) >= 11 is 1.69. The number of rotatable bonds is 4. The zero-order valence-electron chi connectivity index (χ0n) is 15.7. The molecule has 1 atom stereocenters. The molecule has 1 amide bonds. The zero-order valence-corrected chi connectivity index (χ0v) is 16.5. The summed E-state index contributed by atoms with van der Waals surface area (Å²) in [6, 6.07) is 10.1. The highest BCUT2D eigenvalue weighted by atomic mass is 32.2. The number of hydrogen-bond donors (Lipinski definition) is 2. The zero-order chi connectivity index (χ0) is 19.6. The molecule has 148 valence electrons. The number of carbonyl (C=O) groups is 1. The number of piperazine rings is 1. The van der Waals surface area contributed by atoms with Gasteiger partial charge in [0.25, 0.3) is 0 Å². The maximum absolute atomic E-state index is 12.7. The van der Waals surface area contributed by atoms with E-state index in [1.807, 2.05) is 18.2 Å². The minimum atomic E-state index is -0.423. The van der Waals surface area contributed by atoms with Crippen molar-refractivity contribution in [2.75, 3.05) is 36.4 Å². The second-order valence-electron chi connectivity index (χ2n) is 6.95. The highest BCUT2D eigenvalue weighted by molar-refractivity contribution is 7.99. The first-order valence-electron chi connectivity index (χ1n) is 9.57. The molecule has 2 aliphatic heterocycles. The van der Waals surface area contributed by atoms with E-state index in [4.69, 9.17) is 4.42 Å². The van der Waals surface area contributed by atoms with Gasteiger partial charge in [-0.25, -0.2) is 0 Å². The summed E-state index contributed by atoms with van der Waals surface area (Å²) in [5.74, 6) is 0.0187. The number of anilines is 2. The molecule has 4 heterocycles. The third-order valence-corrected chi connectivity index (χ3v) is 6.37. The summed E-state index contributed by atoms with van der Waals surface area (Å²) in [6.45, 7) is 3.56. The van der Waals surface area contributed by atoms with Crippen molar-refractivity contribution in [3.63, 3.8) is 0 Å². The van der Waals surface area contributed by atoms with Gasteiger partial charge in [-0.05, 0) is 24.1 Å². The molecule has 5 rings (SSSR count). The summed E-state index contributed by atoms with van der Waals surface area (Å²) in [5.41, 5.74) is 2.85. The Morgan fingerprint density at radius 3 is 2.93 bits per heavy atom. The molecule has 0 spiro atoms. The van der Waals surface area contributed by atoms with Gasteiger partial charge in [0.05, 0.1) is 22.8 Å². The lowest BCUT2D eigenvalue weighted by Gasteiger charge is -2.30. The summed E-state index contributed by atoms with van der Waals surface area (Å²) in [6.07, 6.45) is 4.20. The smallest absolute Gasteiger partial charge is 0.313 e. The van der Waals surface area contributed by atoms with E-state index >= 15 is 0 Å². The van der Waals surface area contributed by atoms with Gasteiger partial charge in [-0.3, -0.25) is 9.78 Å². The van der Waals surface area contributed by atoms with Gasteiger partial charge in [-0.1, -0.05) is 18.2 Å². The van der Waals surface area contributed by atoms with Crippen LogP contribution in [0.4, 0.5) is 11.4 Å². The van der Waals surface area contributed by atoms with Crippen molar-refractivity contribution in [3.8, 4) is 0 Å². The molecule has 0 bridgehead atoms. The highest BCUT2D eigenvalue weighted by Gasteiger charge is 2.29. The number of hydrogen-bond acceptors (Lipinski definition) is 8. The quantitative estimate of drug-likeness (QED) is 0.680. The fraction of sp³-hybridized carbons (Fsp3) is 0.300. The highest BCUT2D eigenvalue weighted by Crippen LogP contribution is 2.45. The van der Waals surface area contributed by atoms with E-state index in [1.165, 1.54) is 10.5 Å². The molecular formula is C20H20N6O2S. The molecule has 1 saturated heterocycles. The molecule has 1 unspecified atom stereocenters. The standard InChI is InChI=1S/C20H20N6O2S/c27-18(23-14-12-22-6-5-15(14)26-9-7-21-8-10-26)20-25-24-19(28-20)17-11-13-3-1-2-4-16(13)29-17/h1-6,12,17,21H,7-11H2,(H,23,27). The molecule has 1 aromatic carbocycles. The molecule has 29 heavy (non-hydrogen) atoms. The Labute approximate surface area is 172 Å². The van der Waals surface area contributed by atoms with E-state index < -0.39 is 5.91 Å². The van der Waals surface area contributed by atoms with Crippen molar-refractivity contribution in [1.82, 2.24) is 20.5 Å². The Morgan fingerprint density at radius 1 is 1.21 bits per heavy atom. The molecule has 2 N–H and O–H groups in total. The molecule has 0 radical (unpaired) electrons. The Hall–Kier alpha value is -2.91. The van der Waals surface area contributed by atoms with E-state index in [0.29, 0.717) is 11.6 Å². The number of amides is 1. The SMILES string of the molecule is O=C(Nc1cnccc1N1CCNCC1)c1nnc(C2Cc3ccccc3S2)o1. The number of aromatic nitrogens is 3. The van der Waals surface area contributed by atoms with E-state index in [1.54, 1.807) is 24.2 Å². The topological polar surface area (TPSA) is 96.2 Å². The van der Waals surface area contributed by atoms with Gasteiger partial charge >= 0.3 is 11.8 Å². The van der Waals surface area contributed by atoms with E-state index in [-0.39, 0.29) is 11.1 Å². The minimum absolute atomic E-state index is 0.0355. The van der Waals surface area contributed by atoms with E-state index in [9.17, 15) is 4.79 Å². The first kappa shape index (κ1) is 18.1. The van der Waals surface area contributed by atoms with Crippen LogP contribution in [0.1, 0.15) is 27.4 Å². The average Bonchev–Trinajstić information content (AvgIpc) is 3.42. The van der Waals surface area contributed by atoms with Gasteiger partial charge in [0.15, 0.2) is 0 Å². The summed E-state index contributed by atoms with van der Waals surface area (Å²) in [4.78, 5) is 20.3. The van der Waals surface area contributed by atoms with Crippen LogP contribution in [-0.4, -0.2) is 47.3 Å². The van der Waals surface area contributed by atoms with Gasteiger partial charge in [0.1, 0.15) is 0 Å². The van der Waals surface area contributed by atoms with Gasteiger partial charge in [-0.2, -0.15) is 0 Å². The number of pyridine rings is 1. The lowest BCUT2D eigenvalue weighted by Crippen LogP contribution is -2.43. The second-order valence-corrected chi connectivity index (χ2v) is 8.19. The van der Waals surface area contributed by atoms with Crippen molar-refractivity contribution < 1.29 is 9.21 Å². The Morgan fingerprint density at radius 2 is 2.07 bits per heavy atom. The van der Waals surface area contributed by atoms with Crippen molar-refractivity contribution in [2.24, 2.45) is 0 Å². The monoisotopic (exact) mass is 408 g/mol. The lowest BCUT2D eigenvalue weighted by atomic mass is 10.1. The molecule has 8 nitrogen and oxygen atoms in total. The van der Waals surface area contributed by atoms with Crippen LogP contribution in [0, 0.1) is 0 Å². The number of benzene rings is 1. The van der Waals surface area contributed by atoms with Crippen LogP contribution in [0.2, 0.25) is 0 Å².